The summed E-state index contributed by atoms with van der Waals surface area (Å²) in [6.07, 6.45) is -0.528. The summed E-state index contributed by atoms with van der Waals surface area (Å²) in [7, 11) is 1.87. The predicted molar refractivity (Wildman–Crippen MR) is 79.6 cm³/mol. The van der Waals surface area contributed by atoms with Gasteiger partial charge < -0.3 is 15.4 Å². The summed E-state index contributed by atoms with van der Waals surface area (Å²) in [6, 6.07) is 9.79. The Balaban J connectivity index is 0.00000324. The minimum Gasteiger partial charge on any atom is -0.364 e. The molecule has 1 rings (SSSR count). The zero-order valence-electron chi connectivity index (χ0n) is 11.7. The summed E-state index contributed by atoms with van der Waals surface area (Å²) in [6.45, 7) is 5.00. The van der Waals surface area contributed by atoms with E-state index in [1.165, 1.54) is 0 Å². The van der Waals surface area contributed by atoms with Crippen LogP contribution >= 0.6 is 12.4 Å². The normalized spacial score (nSPS) is 13.2. The van der Waals surface area contributed by atoms with Crippen LogP contribution in [0.1, 0.15) is 25.5 Å². The van der Waals surface area contributed by atoms with Crippen LogP contribution in [0.3, 0.4) is 0 Å². The molecular formula is C14H23ClN2O2. The number of hydrogen-bond acceptors (Lipinski definition) is 3. The molecule has 0 aliphatic rings. The van der Waals surface area contributed by atoms with Crippen molar-refractivity contribution in [1.29, 1.82) is 0 Å². The zero-order valence-corrected chi connectivity index (χ0v) is 12.5. The van der Waals surface area contributed by atoms with Crippen LogP contribution in [0.15, 0.2) is 30.3 Å². The third-order valence-corrected chi connectivity index (χ3v) is 2.75. The fourth-order valence-electron chi connectivity index (χ4n) is 1.57. The number of amides is 1. The highest BCUT2D eigenvalue weighted by molar-refractivity contribution is 5.85. The Kier molecular flexibility index (Phi) is 9.21. The van der Waals surface area contributed by atoms with Crippen molar-refractivity contribution in [2.45, 2.75) is 26.0 Å². The largest absolute Gasteiger partial charge is 0.364 e. The Morgan fingerprint density at radius 3 is 2.47 bits per heavy atom. The van der Waals surface area contributed by atoms with Gasteiger partial charge in [-0.3, -0.25) is 4.79 Å². The third-order valence-electron chi connectivity index (χ3n) is 2.75. The summed E-state index contributed by atoms with van der Waals surface area (Å²) in [5.41, 5.74) is 0.883. The molecule has 0 saturated carbocycles. The van der Waals surface area contributed by atoms with Gasteiger partial charge in [0.1, 0.15) is 0 Å². The van der Waals surface area contributed by atoms with E-state index in [1.54, 1.807) is 0 Å². The van der Waals surface area contributed by atoms with Gasteiger partial charge in [-0.15, -0.1) is 12.4 Å². The summed E-state index contributed by atoms with van der Waals surface area (Å²) in [4.78, 5) is 12.1. The van der Waals surface area contributed by atoms with Crippen LogP contribution in [0, 0.1) is 0 Å². The smallest absolute Gasteiger partial charge is 0.253 e. The van der Waals surface area contributed by atoms with E-state index in [0.29, 0.717) is 13.2 Å². The van der Waals surface area contributed by atoms with Crippen molar-refractivity contribution in [1.82, 2.24) is 10.6 Å². The van der Waals surface area contributed by atoms with E-state index in [1.807, 2.05) is 51.2 Å². The molecule has 5 heteroatoms. The molecule has 2 N–H and O–H groups in total. The van der Waals surface area contributed by atoms with Crippen LogP contribution in [-0.4, -0.2) is 32.1 Å². The lowest BCUT2D eigenvalue weighted by Crippen LogP contribution is -2.39. The van der Waals surface area contributed by atoms with Gasteiger partial charge in [0.05, 0.1) is 0 Å². The van der Waals surface area contributed by atoms with E-state index >= 15 is 0 Å². The molecule has 1 aromatic carbocycles. The number of ether oxygens (including phenoxy) is 1. The zero-order chi connectivity index (χ0) is 13.4. The number of rotatable bonds is 7. The molecule has 0 aromatic heterocycles. The van der Waals surface area contributed by atoms with Crippen LogP contribution in [0.5, 0.6) is 0 Å². The SMILES string of the molecule is CCOC(C(=O)NCC(C)NC)c1ccccc1.Cl. The van der Waals surface area contributed by atoms with Crippen LogP contribution in [0.2, 0.25) is 0 Å². The molecule has 0 aliphatic carbocycles. The van der Waals surface area contributed by atoms with Crippen molar-refractivity contribution in [2.75, 3.05) is 20.2 Å². The first-order valence-electron chi connectivity index (χ1n) is 6.30. The molecular weight excluding hydrogens is 264 g/mol. The minimum absolute atomic E-state index is 0. The molecule has 1 aromatic rings. The van der Waals surface area contributed by atoms with Crippen molar-refractivity contribution >= 4 is 18.3 Å². The van der Waals surface area contributed by atoms with Crippen LogP contribution < -0.4 is 10.6 Å². The van der Waals surface area contributed by atoms with E-state index in [4.69, 9.17) is 4.74 Å². The first-order chi connectivity index (χ1) is 8.69. The lowest BCUT2D eigenvalue weighted by Gasteiger charge is -2.18. The number of halogens is 1. The fraction of sp³-hybridized carbons (Fsp3) is 0.500. The molecule has 4 nitrogen and oxygen atoms in total. The average molecular weight is 287 g/mol. The van der Waals surface area contributed by atoms with E-state index in [2.05, 4.69) is 10.6 Å². The molecule has 2 unspecified atom stereocenters. The number of likely N-dealkylation sites (N-methyl/N-ethyl adjacent to an activating group) is 1. The van der Waals surface area contributed by atoms with Gasteiger partial charge in [-0.25, -0.2) is 0 Å². The first kappa shape index (κ1) is 17.9. The highest BCUT2D eigenvalue weighted by atomic mass is 35.5. The molecule has 0 radical (unpaired) electrons. The van der Waals surface area contributed by atoms with Crippen molar-refractivity contribution < 1.29 is 9.53 Å². The molecule has 0 saturated heterocycles. The number of nitrogens with one attached hydrogen (secondary N) is 2. The Labute approximate surface area is 121 Å². The second kappa shape index (κ2) is 9.78. The van der Waals surface area contributed by atoms with E-state index in [9.17, 15) is 4.79 Å². The predicted octanol–water partition coefficient (Wildman–Crippen LogP) is 1.91. The second-order valence-corrected chi connectivity index (χ2v) is 4.18. The molecule has 0 spiro atoms. The van der Waals surface area contributed by atoms with Crippen LogP contribution in [-0.2, 0) is 9.53 Å². The Hall–Kier alpha value is -1.10. The van der Waals surface area contributed by atoms with Gasteiger partial charge in [-0.1, -0.05) is 30.3 Å². The maximum atomic E-state index is 12.1. The lowest BCUT2D eigenvalue weighted by atomic mass is 10.1. The monoisotopic (exact) mass is 286 g/mol. The molecule has 108 valence electrons. The van der Waals surface area contributed by atoms with E-state index < -0.39 is 6.10 Å². The van der Waals surface area contributed by atoms with E-state index in [-0.39, 0.29) is 24.4 Å². The second-order valence-electron chi connectivity index (χ2n) is 4.18. The van der Waals surface area contributed by atoms with E-state index in [0.717, 1.165) is 5.56 Å². The molecule has 0 fully saturated rings. The quantitative estimate of drug-likeness (QED) is 0.805. The molecule has 1 amide bonds. The lowest BCUT2D eigenvalue weighted by molar-refractivity contribution is -0.133. The van der Waals surface area contributed by atoms with Crippen molar-refractivity contribution in [2.24, 2.45) is 0 Å². The Bertz CT molecular complexity index is 360. The Morgan fingerprint density at radius 2 is 1.95 bits per heavy atom. The minimum atomic E-state index is -0.528. The standard InChI is InChI=1S/C14H22N2O2.ClH/c1-4-18-13(12-8-6-5-7-9-12)14(17)16-10-11(2)15-3;/h5-9,11,13,15H,4,10H2,1-3H3,(H,16,17);1H. The van der Waals surface area contributed by atoms with Crippen molar-refractivity contribution in [3.63, 3.8) is 0 Å². The maximum absolute atomic E-state index is 12.1. The van der Waals surface area contributed by atoms with Gasteiger partial charge in [-0.2, -0.15) is 0 Å². The summed E-state index contributed by atoms with van der Waals surface area (Å²) >= 11 is 0. The van der Waals surface area contributed by atoms with Gasteiger partial charge in [0.15, 0.2) is 6.10 Å². The van der Waals surface area contributed by atoms with Crippen molar-refractivity contribution in [3.05, 3.63) is 35.9 Å². The molecule has 19 heavy (non-hydrogen) atoms. The van der Waals surface area contributed by atoms with Crippen LogP contribution in [0.4, 0.5) is 0 Å². The summed E-state index contributed by atoms with van der Waals surface area (Å²) in [5.74, 6) is -0.0925. The summed E-state index contributed by atoms with van der Waals surface area (Å²) in [5, 5.41) is 5.97. The topological polar surface area (TPSA) is 50.4 Å². The molecule has 2 atom stereocenters. The average Bonchev–Trinajstić information content (AvgIpc) is 2.42. The summed E-state index contributed by atoms with van der Waals surface area (Å²) < 4.78 is 5.52. The van der Waals surface area contributed by atoms with Gasteiger partial charge in [0, 0.05) is 19.2 Å². The Morgan fingerprint density at radius 1 is 1.32 bits per heavy atom. The van der Waals surface area contributed by atoms with Gasteiger partial charge >= 0.3 is 0 Å². The number of benzene rings is 1. The molecule has 0 bridgehead atoms. The molecule has 0 aliphatic heterocycles. The van der Waals surface area contributed by atoms with Gasteiger partial charge in [0.25, 0.3) is 5.91 Å². The van der Waals surface area contributed by atoms with Gasteiger partial charge in [-0.05, 0) is 26.5 Å². The number of carbonyl (C=O) groups excluding carboxylic acids is 1. The highest BCUT2D eigenvalue weighted by Gasteiger charge is 2.20. The van der Waals surface area contributed by atoms with Gasteiger partial charge in [0.2, 0.25) is 0 Å². The fourth-order valence-corrected chi connectivity index (χ4v) is 1.57. The van der Waals surface area contributed by atoms with Crippen molar-refractivity contribution in [3.8, 4) is 0 Å². The highest BCUT2D eigenvalue weighted by Crippen LogP contribution is 2.17. The number of carbonyl (C=O) groups is 1. The van der Waals surface area contributed by atoms with Crippen LogP contribution in [0.25, 0.3) is 0 Å². The number of hydrogen-bond donors (Lipinski definition) is 2. The maximum Gasteiger partial charge on any atom is 0.253 e. The molecule has 0 heterocycles. The first-order valence-corrected chi connectivity index (χ1v) is 6.30. The third kappa shape index (κ3) is 6.05.